The van der Waals surface area contributed by atoms with Gasteiger partial charge < -0.3 is 0 Å². The Kier molecular flexibility index (Phi) is 4.90. The highest BCUT2D eigenvalue weighted by Crippen LogP contribution is 2.24. The standard InChI is InChI=1S/C18H26O2/c1-17(2,3)11-15(19)13-8-7-9-14(10-13)16(20)12-18(4,5)6/h7-10H,11-12H2,1-6H3. The summed E-state index contributed by atoms with van der Waals surface area (Å²) in [5.41, 5.74) is 1.20. The topological polar surface area (TPSA) is 34.1 Å². The fraction of sp³-hybridized carbons (Fsp3) is 0.556. The number of rotatable bonds is 4. The quantitative estimate of drug-likeness (QED) is 0.730. The molecule has 0 aromatic heterocycles. The second kappa shape index (κ2) is 5.90. The van der Waals surface area contributed by atoms with Gasteiger partial charge in [-0.15, -0.1) is 0 Å². The van der Waals surface area contributed by atoms with Gasteiger partial charge in [0, 0.05) is 24.0 Å². The largest absolute Gasteiger partial charge is 0.294 e. The molecule has 0 saturated carbocycles. The maximum Gasteiger partial charge on any atom is 0.163 e. The van der Waals surface area contributed by atoms with E-state index in [1.165, 1.54) is 0 Å². The van der Waals surface area contributed by atoms with Crippen LogP contribution in [-0.4, -0.2) is 11.6 Å². The zero-order chi connectivity index (χ0) is 15.6. The molecule has 2 heteroatoms. The van der Waals surface area contributed by atoms with Gasteiger partial charge in [0.15, 0.2) is 11.6 Å². The summed E-state index contributed by atoms with van der Waals surface area (Å²) in [4.78, 5) is 24.4. The van der Waals surface area contributed by atoms with Crippen LogP contribution >= 0.6 is 0 Å². The molecule has 110 valence electrons. The Bertz CT molecular complexity index is 456. The van der Waals surface area contributed by atoms with Gasteiger partial charge in [0.1, 0.15) is 0 Å². The molecule has 0 aliphatic carbocycles. The highest BCUT2D eigenvalue weighted by Gasteiger charge is 2.20. The maximum absolute atomic E-state index is 12.2. The molecule has 0 saturated heterocycles. The number of ketones is 2. The Balaban J connectivity index is 2.91. The van der Waals surface area contributed by atoms with Gasteiger partial charge in [-0.3, -0.25) is 9.59 Å². The molecule has 0 radical (unpaired) electrons. The van der Waals surface area contributed by atoms with Crippen molar-refractivity contribution < 1.29 is 9.59 Å². The van der Waals surface area contributed by atoms with E-state index in [0.29, 0.717) is 24.0 Å². The lowest BCUT2D eigenvalue weighted by Crippen LogP contribution is -2.15. The second-order valence-electron chi connectivity index (χ2n) is 7.90. The highest BCUT2D eigenvalue weighted by atomic mass is 16.1. The van der Waals surface area contributed by atoms with Crippen LogP contribution in [-0.2, 0) is 0 Å². The number of Topliss-reactive ketones (excluding diaryl/α,β-unsaturated/α-hetero) is 2. The molecule has 0 heterocycles. The number of carbonyl (C=O) groups excluding carboxylic acids is 2. The van der Waals surface area contributed by atoms with Gasteiger partial charge in [-0.1, -0.05) is 59.7 Å². The predicted octanol–water partition coefficient (Wildman–Crippen LogP) is 4.92. The number of benzene rings is 1. The predicted molar refractivity (Wildman–Crippen MR) is 83.2 cm³/mol. The minimum Gasteiger partial charge on any atom is -0.294 e. The van der Waals surface area contributed by atoms with Crippen molar-refractivity contribution in [3.8, 4) is 0 Å². The monoisotopic (exact) mass is 274 g/mol. The Morgan fingerprint density at radius 3 is 1.45 bits per heavy atom. The molecule has 2 nitrogen and oxygen atoms in total. The van der Waals surface area contributed by atoms with E-state index in [1.807, 2.05) is 41.5 Å². The van der Waals surface area contributed by atoms with Gasteiger partial charge in [-0.25, -0.2) is 0 Å². The molecule has 0 fully saturated rings. The van der Waals surface area contributed by atoms with Gasteiger partial charge in [0.25, 0.3) is 0 Å². The Morgan fingerprint density at radius 2 is 1.15 bits per heavy atom. The zero-order valence-corrected chi connectivity index (χ0v) is 13.5. The van der Waals surface area contributed by atoms with E-state index < -0.39 is 0 Å². The summed E-state index contributed by atoms with van der Waals surface area (Å²) >= 11 is 0. The smallest absolute Gasteiger partial charge is 0.163 e. The summed E-state index contributed by atoms with van der Waals surface area (Å²) in [7, 11) is 0. The molecule has 1 aromatic carbocycles. The lowest BCUT2D eigenvalue weighted by Gasteiger charge is -2.18. The third-order valence-corrected chi connectivity index (χ3v) is 2.89. The van der Waals surface area contributed by atoms with Crippen LogP contribution in [0.15, 0.2) is 24.3 Å². The van der Waals surface area contributed by atoms with Crippen LogP contribution < -0.4 is 0 Å². The van der Waals surface area contributed by atoms with Crippen molar-refractivity contribution in [2.45, 2.75) is 54.4 Å². The Labute approximate surface area is 122 Å². The minimum atomic E-state index is -0.0392. The van der Waals surface area contributed by atoms with Crippen molar-refractivity contribution in [2.24, 2.45) is 10.8 Å². The van der Waals surface area contributed by atoms with Crippen molar-refractivity contribution in [1.29, 1.82) is 0 Å². The lowest BCUT2D eigenvalue weighted by atomic mass is 9.86. The van der Waals surface area contributed by atoms with E-state index in [0.717, 1.165) is 0 Å². The van der Waals surface area contributed by atoms with Gasteiger partial charge in [0.05, 0.1) is 0 Å². The minimum absolute atomic E-state index is 0.0392. The first kappa shape index (κ1) is 16.6. The third-order valence-electron chi connectivity index (χ3n) is 2.89. The van der Waals surface area contributed by atoms with E-state index in [9.17, 15) is 9.59 Å². The molecule has 1 aromatic rings. The van der Waals surface area contributed by atoms with Crippen LogP contribution in [0.1, 0.15) is 75.1 Å². The summed E-state index contributed by atoms with van der Waals surface area (Å²) in [6.45, 7) is 12.2. The molecule has 1 rings (SSSR count). The van der Waals surface area contributed by atoms with Crippen LogP contribution in [0.25, 0.3) is 0 Å². The number of hydrogen-bond donors (Lipinski definition) is 0. The van der Waals surface area contributed by atoms with Gasteiger partial charge >= 0.3 is 0 Å². The molecule has 0 amide bonds. The molecule has 0 N–H and O–H groups in total. The summed E-state index contributed by atoms with van der Waals surface area (Å²) < 4.78 is 0. The molecular formula is C18H26O2. The van der Waals surface area contributed by atoms with E-state index in [1.54, 1.807) is 24.3 Å². The second-order valence-corrected chi connectivity index (χ2v) is 7.90. The van der Waals surface area contributed by atoms with E-state index >= 15 is 0 Å². The van der Waals surface area contributed by atoms with E-state index in [-0.39, 0.29) is 22.4 Å². The summed E-state index contributed by atoms with van der Waals surface area (Å²) in [6.07, 6.45) is 0.980. The van der Waals surface area contributed by atoms with Crippen LogP contribution in [0, 0.1) is 10.8 Å². The average Bonchev–Trinajstić information content (AvgIpc) is 2.24. The first-order valence-corrected chi connectivity index (χ1v) is 7.14. The Hall–Kier alpha value is -1.44. The summed E-state index contributed by atoms with van der Waals surface area (Å²) in [5, 5.41) is 0. The van der Waals surface area contributed by atoms with Crippen molar-refractivity contribution in [1.82, 2.24) is 0 Å². The van der Waals surface area contributed by atoms with Crippen LogP contribution in [0.3, 0.4) is 0 Å². The Morgan fingerprint density at radius 1 is 0.800 bits per heavy atom. The van der Waals surface area contributed by atoms with Crippen molar-refractivity contribution in [3.05, 3.63) is 35.4 Å². The molecule has 0 atom stereocenters. The summed E-state index contributed by atoms with van der Waals surface area (Å²) in [6, 6.07) is 7.12. The van der Waals surface area contributed by atoms with Crippen LogP contribution in [0.4, 0.5) is 0 Å². The molecule has 0 unspecified atom stereocenters. The number of carbonyl (C=O) groups is 2. The lowest BCUT2D eigenvalue weighted by molar-refractivity contribution is 0.0938. The van der Waals surface area contributed by atoms with Crippen molar-refractivity contribution in [3.63, 3.8) is 0 Å². The van der Waals surface area contributed by atoms with Gasteiger partial charge in [0.2, 0.25) is 0 Å². The van der Waals surface area contributed by atoms with Crippen molar-refractivity contribution in [2.75, 3.05) is 0 Å². The normalized spacial score (nSPS) is 12.3. The molecule has 0 bridgehead atoms. The first-order valence-electron chi connectivity index (χ1n) is 7.14. The molecule has 0 aliphatic heterocycles. The first-order chi connectivity index (χ1) is 8.98. The van der Waals surface area contributed by atoms with Crippen LogP contribution in [0.5, 0.6) is 0 Å². The SMILES string of the molecule is CC(C)(C)CC(=O)c1cccc(C(=O)CC(C)(C)C)c1. The fourth-order valence-corrected chi connectivity index (χ4v) is 2.03. The number of hydrogen-bond acceptors (Lipinski definition) is 2. The fourth-order valence-electron chi connectivity index (χ4n) is 2.03. The highest BCUT2D eigenvalue weighted by molar-refractivity contribution is 6.01. The molecular weight excluding hydrogens is 248 g/mol. The van der Waals surface area contributed by atoms with Gasteiger partial charge in [-0.05, 0) is 16.9 Å². The van der Waals surface area contributed by atoms with Crippen LogP contribution in [0.2, 0.25) is 0 Å². The van der Waals surface area contributed by atoms with Crippen molar-refractivity contribution >= 4 is 11.6 Å². The van der Waals surface area contributed by atoms with Gasteiger partial charge in [-0.2, -0.15) is 0 Å². The molecule has 0 spiro atoms. The molecule has 0 aliphatic rings. The third kappa shape index (κ3) is 5.68. The summed E-state index contributed by atoms with van der Waals surface area (Å²) in [5.74, 6) is 0.200. The van der Waals surface area contributed by atoms with E-state index in [4.69, 9.17) is 0 Å². The molecule has 20 heavy (non-hydrogen) atoms. The van der Waals surface area contributed by atoms with E-state index in [2.05, 4.69) is 0 Å². The average molecular weight is 274 g/mol. The zero-order valence-electron chi connectivity index (χ0n) is 13.5. The maximum atomic E-state index is 12.2.